The van der Waals surface area contributed by atoms with E-state index in [9.17, 15) is 22.8 Å². The number of anilines is 1. The van der Waals surface area contributed by atoms with Crippen LogP contribution >= 0.6 is 11.6 Å². The van der Waals surface area contributed by atoms with Crippen LogP contribution < -0.4 is 15.4 Å². The monoisotopic (exact) mass is 296 g/mol. The summed E-state index contributed by atoms with van der Waals surface area (Å²) in [5.74, 6) is -1.83. The van der Waals surface area contributed by atoms with Gasteiger partial charge in [-0.1, -0.05) is 12.1 Å². The summed E-state index contributed by atoms with van der Waals surface area (Å²) in [4.78, 5) is 22.1. The average Bonchev–Trinajstić information content (AvgIpc) is 2.29. The standard InChI is InChI=1S/C10H8ClF3N2O3/c11-5-8(17)16-9(18)15-6-3-1-2-4-7(6)19-10(12,13)14/h1-4H,5H2,(H2,15,16,17,18). The van der Waals surface area contributed by atoms with E-state index in [0.717, 1.165) is 6.07 Å². The highest BCUT2D eigenvalue weighted by Crippen LogP contribution is 2.29. The second-order valence-electron chi connectivity index (χ2n) is 3.18. The maximum absolute atomic E-state index is 12.1. The van der Waals surface area contributed by atoms with Gasteiger partial charge < -0.3 is 10.1 Å². The first-order valence-electron chi connectivity index (χ1n) is 4.83. The molecule has 9 heteroatoms. The van der Waals surface area contributed by atoms with E-state index in [1.165, 1.54) is 18.2 Å². The van der Waals surface area contributed by atoms with Crippen molar-refractivity contribution >= 4 is 29.2 Å². The van der Waals surface area contributed by atoms with Crippen LogP contribution in [0.2, 0.25) is 0 Å². The Labute approximate surface area is 110 Å². The Kier molecular flexibility index (Phi) is 4.99. The molecule has 0 heterocycles. The van der Waals surface area contributed by atoms with E-state index < -0.39 is 29.9 Å². The number of benzene rings is 1. The van der Waals surface area contributed by atoms with Gasteiger partial charge in [0.15, 0.2) is 5.75 Å². The van der Waals surface area contributed by atoms with E-state index in [4.69, 9.17) is 11.6 Å². The van der Waals surface area contributed by atoms with Crippen LogP contribution in [0.4, 0.5) is 23.7 Å². The molecule has 104 valence electrons. The molecular weight excluding hydrogens is 289 g/mol. The number of alkyl halides is 4. The number of para-hydroxylation sites is 2. The van der Waals surface area contributed by atoms with Crippen LogP contribution in [0.1, 0.15) is 0 Å². The molecule has 0 spiro atoms. The molecule has 0 saturated carbocycles. The molecule has 0 fully saturated rings. The number of halogens is 4. The second-order valence-corrected chi connectivity index (χ2v) is 3.45. The summed E-state index contributed by atoms with van der Waals surface area (Å²) >= 11 is 5.15. The van der Waals surface area contributed by atoms with Crippen LogP contribution in [0.15, 0.2) is 24.3 Å². The van der Waals surface area contributed by atoms with Crippen molar-refractivity contribution in [2.75, 3.05) is 11.2 Å². The summed E-state index contributed by atoms with van der Waals surface area (Å²) < 4.78 is 40.0. The molecule has 2 N–H and O–H groups in total. The van der Waals surface area contributed by atoms with Crippen LogP contribution in [-0.4, -0.2) is 24.2 Å². The summed E-state index contributed by atoms with van der Waals surface area (Å²) in [5.41, 5.74) is -0.236. The average molecular weight is 297 g/mol. The lowest BCUT2D eigenvalue weighted by atomic mass is 10.3. The number of urea groups is 1. The van der Waals surface area contributed by atoms with Crippen molar-refractivity contribution in [1.29, 1.82) is 0 Å². The van der Waals surface area contributed by atoms with Gasteiger partial charge >= 0.3 is 12.4 Å². The number of ether oxygens (including phenoxy) is 1. The van der Waals surface area contributed by atoms with Crippen LogP contribution in [-0.2, 0) is 4.79 Å². The number of carbonyl (C=O) groups excluding carboxylic acids is 2. The Hall–Kier alpha value is -1.96. The van der Waals surface area contributed by atoms with Gasteiger partial charge in [-0.2, -0.15) is 0 Å². The van der Waals surface area contributed by atoms with Crippen LogP contribution in [0.3, 0.4) is 0 Å². The van der Waals surface area contributed by atoms with E-state index in [0.29, 0.717) is 0 Å². The number of rotatable bonds is 3. The fourth-order valence-electron chi connectivity index (χ4n) is 1.10. The van der Waals surface area contributed by atoms with Crippen LogP contribution in [0.25, 0.3) is 0 Å². The number of hydrogen-bond donors (Lipinski definition) is 2. The minimum absolute atomic E-state index is 0.236. The first-order chi connectivity index (χ1) is 8.81. The van der Waals surface area contributed by atoms with Crippen molar-refractivity contribution in [3.63, 3.8) is 0 Å². The van der Waals surface area contributed by atoms with Crippen molar-refractivity contribution in [1.82, 2.24) is 5.32 Å². The Morgan fingerprint density at radius 2 is 1.89 bits per heavy atom. The molecule has 19 heavy (non-hydrogen) atoms. The van der Waals surface area contributed by atoms with E-state index in [1.807, 2.05) is 10.6 Å². The van der Waals surface area contributed by atoms with Crippen molar-refractivity contribution in [2.24, 2.45) is 0 Å². The molecule has 1 aromatic rings. The van der Waals surface area contributed by atoms with Gasteiger partial charge in [0.1, 0.15) is 5.88 Å². The quantitative estimate of drug-likeness (QED) is 0.842. The highest BCUT2D eigenvalue weighted by Gasteiger charge is 2.32. The fourth-order valence-corrected chi connectivity index (χ4v) is 1.16. The van der Waals surface area contributed by atoms with Gasteiger partial charge in [0.2, 0.25) is 5.91 Å². The minimum Gasteiger partial charge on any atom is -0.404 e. The molecule has 0 aliphatic heterocycles. The highest BCUT2D eigenvalue weighted by atomic mass is 35.5. The third-order valence-corrected chi connectivity index (χ3v) is 1.98. The largest absolute Gasteiger partial charge is 0.573 e. The van der Waals surface area contributed by atoms with Crippen LogP contribution in [0, 0.1) is 0 Å². The molecule has 0 atom stereocenters. The summed E-state index contributed by atoms with van der Waals surface area (Å²) in [7, 11) is 0. The fraction of sp³-hybridized carbons (Fsp3) is 0.200. The van der Waals surface area contributed by atoms with E-state index in [-0.39, 0.29) is 5.69 Å². The number of amides is 3. The van der Waals surface area contributed by atoms with Crippen molar-refractivity contribution < 1.29 is 27.5 Å². The second kappa shape index (κ2) is 6.28. The lowest BCUT2D eigenvalue weighted by molar-refractivity contribution is -0.274. The SMILES string of the molecule is O=C(CCl)NC(=O)Nc1ccccc1OC(F)(F)F. The minimum atomic E-state index is -4.89. The summed E-state index contributed by atoms with van der Waals surface area (Å²) in [6.45, 7) is 0. The third-order valence-electron chi connectivity index (χ3n) is 1.74. The van der Waals surface area contributed by atoms with Gasteiger partial charge in [-0.15, -0.1) is 24.8 Å². The van der Waals surface area contributed by atoms with Crippen molar-refractivity contribution in [3.8, 4) is 5.75 Å². The molecule has 1 aromatic carbocycles. The summed E-state index contributed by atoms with van der Waals surface area (Å²) in [5, 5.41) is 3.85. The van der Waals surface area contributed by atoms with Crippen LogP contribution in [0.5, 0.6) is 5.75 Å². The number of nitrogens with one attached hydrogen (secondary N) is 2. The van der Waals surface area contributed by atoms with Crippen molar-refractivity contribution in [2.45, 2.75) is 6.36 Å². The maximum Gasteiger partial charge on any atom is 0.573 e. The zero-order chi connectivity index (χ0) is 14.5. The molecule has 0 aromatic heterocycles. The summed E-state index contributed by atoms with van der Waals surface area (Å²) in [6.07, 6.45) is -4.89. The Morgan fingerprint density at radius 1 is 1.26 bits per heavy atom. The number of carbonyl (C=O) groups is 2. The van der Waals surface area contributed by atoms with E-state index in [2.05, 4.69) is 4.74 Å². The van der Waals surface area contributed by atoms with Gasteiger partial charge in [0, 0.05) is 0 Å². The molecule has 0 saturated heterocycles. The zero-order valence-corrected chi connectivity index (χ0v) is 10.0. The lowest BCUT2D eigenvalue weighted by Gasteiger charge is -2.13. The molecule has 0 bridgehead atoms. The summed E-state index contributed by atoms with van der Waals surface area (Å²) in [6, 6.07) is 3.89. The van der Waals surface area contributed by atoms with Gasteiger partial charge in [0.25, 0.3) is 0 Å². The predicted molar refractivity (Wildman–Crippen MR) is 61.0 cm³/mol. The van der Waals surface area contributed by atoms with E-state index >= 15 is 0 Å². The Balaban J connectivity index is 2.78. The molecule has 0 radical (unpaired) electrons. The number of imide groups is 1. The molecular formula is C10H8ClF3N2O3. The third kappa shape index (κ3) is 5.47. The molecule has 0 aliphatic rings. The van der Waals surface area contributed by atoms with Gasteiger partial charge in [0.05, 0.1) is 5.69 Å². The topological polar surface area (TPSA) is 67.4 Å². The predicted octanol–water partition coefficient (Wildman–Crippen LogP) is 2.47. The van der Waals surface area contributed by atoms with Gasteiger partial charge in [-0.3, -0.25) is 10.1 Å². The maximum atomic E-state index is 12.1. The number of hydrogen-bond acceptors (Lipinski definition) is 3. The highest BCUT2D eigenvalue weighted by molar-refractivity contribution is 6.28. The normalized spacial score (nSPS) is 10.7. The Bertz CT molecular complexity index is 479. The zero-order valence-electron chi connectivity index (χ0n) is 9.25. The molecule has 1 rings (SSSR count). The molecule has 5 nitrogen and oxygen atoms in total. The first-order valence-corrected chi connectivity index (χ1v) is 5.37. The van der Waals surface area contributed by atoms with E-state index in [1.54, 1.807) is 0 Å². The van der Waals surface area contributed by atoms with Gasteiger partial charge in [-0.05, 0) is 12.1 Å². The first kappa shape index (κ1) is 15.1. The molecule has 3 amide bonds. The smallest absolute Gasteiger partial charge is 0.404 e. The Morgan fingerprint density at radius 3 is 2.47 bits per heavy atom. The molecule has 0 unspecified atom stereocenters. The molecule has 0 aliphatic carbocycles. The van der Waals surface area contributed by atoms with Crippen molar-refractivity contribution in [3.05, 3.63) is 24.3 Å². The lowest BCUT2D eigenvalue weighted by Crippen LogP contribution is -2.35. The van der Waals surface area contributed by atoms with Gasteiger partial charge in [-0.25, -0.2) is 4.79 Å².